The molecule has 3 atom stereocenters. The highest BCUT2D eigenvalue weighted by Gasteiger charge is 2.44. The second-order valence-corrected chi connectivity index (χ2v) is 9.96. The van der Waals surface area contributed by atoms with Gasteiger partial charge in [0, 0.05) is 5.41 Å². The Labute approximate surface area is 208 Å². The predicted molar refractivity (Wildman–Crippen MR) is 135 cm³/mol. The van der Waals surface area contributed by atoms with Crippen molar-refractivity contribution in [3.05, 3.63) is 70.1 Å². The number of benzene rings is 2. The highest BCUT2D eigenvalue weighted by Crippen LogP contribution is 2.43. The van der Waals surface area contributed by atoms with Gasteiger partial charge in [-0.05, 0) is 92.0 Å². The molecule has 35 heavy (non-hydrogen) atoms. The van der Waals surface area contributed by atoms with Crippen molar-refractivity contribution >= 4 is 5.97 Å². The van der Waals surface area contributed by atoms with E-state index in [4.69, 9.17) is 21.2 Å². The van der Waals surface area contributed by atoms with Crippen molar-refractivity contribution in [2.24, 2.45) is 0 Å². The summed E-state index contributed by atoms with van der Waals surface area (Å²) < 4.78 is 10.5. The molecule has 0 aliphatic heterocycles. The monoisotopic (exact) mass is 474 g/mol. The molecule has 4 rings (SSSR count). The average Bonchev–Trinajstić information content (AvgIpc) is 2.84. The van der Waals surface area contributed by atoms with Gasteiger partial charge in [-0.2, -0.15) is 5.26 Å². The van der Waals surface area contributed by atoms with Gasteiger partial charge < -0.3 is 14.6 Å². The van der Waals surface area contributed by atoms with Crippen molar-refractivity contribution in [2.75, 3.05) is 14.2 Å². The van der Waals surface area contributed by atoms with Crippen LogP contribution in [0.2, 0.25) is 0 Å². The molecular weight excluding hydrogens is 440 g/mol. The Bertz CT molecular complexity index is 1150. The normalized spacial score (nSPS) is 23.1. The number of hydrogen-bond acceptors (Lipinski definition) is 4. The molecule has 2 aromatic rings. The van der Waals surface area contributed by atoms with Crippen molar-refractivity contribution in [1.29, 1.82) is 5.26 Å². The number of aryl methyl sites for hydroxylation is 2. The van der Waals surface area contributed by atoms with Gasteiger partial charge in [0.05, 0.1) is 26.1 Å². The van der Waals surface area contributed by atoms with Crippen LogP contribution in [0.15, 0.2) is 36.4 Å². The predicted octanol–water partition coefficient (Wildman–Crippen LogP) is 5.86. The van der Waals surface area contributed by atoms with Crippen LogP contribution in [0.1, 0.15) is 68.2 Å². The molecule has 0 saturated carbocycles. The van der Waals surface area contributed by atoms with Gasteiger partial charge in [-0.15, -0.1) is 0 Å². The lowest BCUT2D eigenvalue weighted by Crippen LogP contribution is -2.37. The van der Waals surface area contributed by atoms with E-state index in [1.165, 1.54) is 11.1 Å². The van der Waals surface area contributed by atoms with Crippen molar-refractivity contribution in [3.63, 3.8) is 0 Å². The SMILES string of the molecule is COc1ccc2c(c1)C(C)(CC(=O)O)CCC2.[C-]#[N+]C(C#N)C1(C)CCCc2ccc(OC)cc21. The van der Waals surface area contributed by atoms with E-state index in [-0.39, 0.29) is 17.3 Å². The van der Waals surface area contributed by atoms with Crippen LogP contribution in [-0.2, 0) is 28.5 Å². The second kappa shape index (κ2) is 10.8. The quantitative estimate of drug-likeness (QED) is 0.548. The fourth-order valence-corrected chi connectivity index (χ4v) is 5.59. The van der Waals surface area contributed by atoms with Crippen LogP contribution >= 0.6 is 0 Å². The van der Waals surface area contributed by atoms with Crippen LogP contribution in [0.4, 0.5) is 0 Å². The Hall–Kier alpha value is -3.51. The van der Waals surface area contributed by atoms with Crippen LogP contribution < -0.4 is 9.47 Å². The van der Waals surface area contributed by atoms with E-state index < -0.39 is 12.0 Å². The Morgan fingerprint density at radius 1 is 1.06 bits per heavy atom. The van der Waals surface area contributed by atoms with Crippen LogP contribution in [-0.4, -0.2) is 31.3 Å². The summed E-state index contributed by atoms with van der Waals surface area (Å²) >= 11 is 0. The number of nitrogens with zero attached hydrogens (tertiary/aromatic N) is 2. The molecule has 0 aromatic heterocycles. The summed E-state index contributed by atoms with van der Waals surface area (Å²) in [7, 11) is 3.28. The maximum absolute atomic E-state index is 11.0. The third-order valence-corrected chi connectivity index (χ3v) is 7.61. The maximum atomic E-state index is 11.0. The van der Waals surface area contributed by atoms with E-state index in [1.54, 1.807) is 14.2 Å². The minimum atomic E-state index is -0.733. The Morgan fingerprint density at radius 2 is 1.60 bits per heavy atom. The number of carboxylic acids is 1. The lowest BCUT2D eigenvalue weighted by atomic mass is 9.67. The van der Waals surface area contributed by atoms with E-state index in [9.17, 15) is 10.1 Å². The molecule has 0 fully saturated rings. The van der Waals surface area contributed by atoms with Crippen molar-refractivity contribution in [3.8, 4) is 17.6 Å². The first-order valence-corrected chi connectivity index (χ1v) is 12.0. The molecular formula is C29H34N2O4. The van der Waals surface area contributed by atoms with Crippen molar-refractivity contribution in [1.82, 2.24) is 0 Å². The molecule has 1 N–H and O–H groups in total. The first-order valence-electron chi connectivity index (χ1n) is 12.0. The Morgan fingerprint density at radius 3 is 2.11 bits per heavy atom. The molecule has 0 spiro atoms. The number of aliphatic carboxylic acids is 1. The molecule has 2 aliphatic rings. The molecule has 2 aliphatic carbocycles. The van der Waals surface area contributed by atoms with Gasteiger partial charge >= 0.3 is 12.0 Å². The number of ether oxygens (including phenoxy) is 2. The highest BCUT2D eigenvalue weighted by molar-refractivity contribution is 5.69. The highest BCUT2D eigenvalue weighted by atomic mass is 16.5. The topological polar surface area (TPSA) is 83.9 Å². The largest absolute Gasteiger partial charge is 0.497 e. The molecule has 0 bridgehead atoms. The van der Waals surface area contributed by atoms with Crippen molar-refractivity contribution < 1.29 is 19.4 Å². The fraction of sp³-hybridized carbons (Fsp3) is 0.483. The maximum Gasteiger partial charge on any atom is 0.316 e. The second-order valence-electron chi connectivity index (χ2n) is 9.96. The molecule has 2 aromatic carbocycles. The Balaban J connectivity index is 0.000000196. The summed E-state index contributed by atoms with van der Waals surface area (Å²) in [5, 5.41) is 18.3. The van der Waals surface area contributed by atoms with Crippen molar-refractivity contribution in [2.45, 2.75) is 75.7 Å². The van der Waals surface area contributed by atoms with Gasteiger partial charge in [0.2, 0.25) is 0 Å². The summed E-state index contributed by atoms with van der Waals surface area (Å²) in [6.45, 7) is 11.3. The van der Waals surface area contributed by atoms with Gasteiger partial charge in [0.15, 0.2) is 6.07 Å². The van der Waals surface area contributed by atoms with Gasteiger partial charge in [0.1, 0.15) is 11.5 Å². The molecule has 184 valence electrons. The Kier molecular flexibility index (Phi) is 8.07. The minimum Gasteiger partial charge on any atom is -0.497 e. The zero-order valence-corrected chi connectivity index (χ0v) is 21.1. The number of carbonyl (C=O) groups is 1. The number of fused-ring (bicyclic) bond motifs is 2. The summed E-state index contributed by atoms with van der Waals surface area (Å²) in [4.78, 5) is 14.5. The van der Waals surface area contributed by atoms with E-state index in [0.717, 1.165) is 61.2 Å². The lowest BCUT2D eigenvalue weighted by molar-refractivity contribution is -0.138. The molecule has 6 nitrogen and oxygen atoms in total. The number of hydrogen-bond donors (Lipinski definition) is 1. The lowest BCUT2D eigenvalue weighted by Gasteiger charge is -2.35. The number of methoxy groups -OCH3 is 2. The van der Waals surface area contributed by atoms with E-state index in [0.29, 0.717) is 0 Å². The van der Waals surface area contributed by atoms with Gasteiger partial charge in [-0.1, -0.05) is 19.1 Å². The van der Waals surface area contributed by atoms with Crippen LogP contribution in [0.5, 0.6) is 11.5 Å². The van der Waals surface area contributed by atoms with E-state index in [2.05, 4.69) is 23.0 Å². The third kappa shape index (κ3) is 5.43. The fourth-order valence-electron chi connectivity index (χ4n) is 5.59. The molecule has 6 heteroatoms. The number of carboxylic acid groups (broad SMARTS) is 1. The summed E-state index contributed by atoms with van der Waals surface area (Å²) in [6, 6.07) is 13.5. The molecule has 0 saturated heterocycles. The number of nitriles is 1. The zero-order chi connectivity index (χ0) is 25.6. The summed E-state index contributed by atoms with van der Waals surface area (Å²) in [5.74, 6) is 0.869. The molecule has 3 unspecified atom stereocenters. The number of rotatable bonds is 5. The standard InChI is InChI=1S/C15H16N2O.C14H18O3/c1-15(14(10-16)17-2)8-4-5-11-6-7-12(18-3)9-13(11)15;1-14(9-13(15)16)7-3-4-10-5-6-11(17-2)8-12(10)14/h6-7,9,14H,4-5,8H2,1,3H3;5-6,8H,3-4,7,9H2,1-2H3,(H,15,16). The minimum absolute atomic E-state index is 0.188. The van der Waals surface area contributed by atoms with E-state index >= 15 is 0 Å². The zero-order valence-electron chi connectivity index (χ0n) is 21.1. The van der Waals surface area contributed by atoms with Gasteiger partial charge in [-0.25, -0.2) is 6.57 Å². The smallest absolute Gasteiger partial charge is 0.316 e. The van der Waals surface area contributed by atoms with Gasteiger partial charge in [-0.3, -0.25) is 9.64 Å². The van der Waals surface area contributed by atoms with E-state index in [1.807, 2.05) is 38.1 Å². The third-order valence-electron chi connectivity index (χ3n) is 7.61. The first kappa shape index (κ1) is 26.1. The van der Waals surface area contributed by atoms with Crippen LogP contribution in [0.3, 0.4) is 0 Å². The molecule has 0 heterocycles. The summed E-state index contributed by atoms with van der Waals surface area (Å²) in [6.07, 6.45) is 6.15. The molecule has 0 radical (unpaired) electrons. The average molecular weight is 475 g/mol. The first-order chi connectivity index (χ1) is 16.7. The van der Waals surface area contributed by atoms with Crippen LogP contribution in [0, 0.1) is 17.9 Å². The van der Waals surface area contributed by atoms with Gasteiger partial charge in [0.25, 0.3) is 0 Å². The van der Waals surface area contributed by atoms with Crippen LogP contribution in [0.25, 0.3) is 4.85 Å². The molecule has 0 amide bonds. The summed E-state index contributed by atoms with van der Waals surface area (Å²) in [5.41, 5.74) is 4.13.